The van der Waals surface area contributed by atoms with Crippen molar-refractivity contribution in [3.8, 4) is 11.4 Å². The highest BCUT2D eigenvalue weighted by Gasteiger charge is 2.20. The first-order valence-corrected chi connectivity index (χ1v) is 11.4. The van der Waals surface area contributed by atoms with Gasteiger partial charge in [-0.3, -0.25) is 9.78 Å². The fourth-order valence-electron chi connectivity index (χ4n) is 3.74. The van der Waals surface area contributed by atoms with Gasteiger partial charge in [-0.05, 0) is 30.7 Å². The van der Waals surface area contributed by atoms with Gasteiger partial charge in [0.05, 0.1) is 24.5 Å². The molecule has 0 spiro atoms. The molecule has 1 aliphatic rings. The number of ether oxygens (including phenoxy) is 2. The van der Waals surface area contributed by atoms with Gasteiger partial charge in [0.25, 0.3) is 5.56 Å². The minimum atomic E-state index is -0.716. The molecule has 1 aliphatic heterocycles. The molecule has 0 saturated carbocycles. The van der Waals surface area contributed by atoms with Crippen molar-refractivity contribution in [2.24, 2.45) is 0 Å². The third kappa shape index (κ3) is 4.08. The average Bonchev–Trinajstić information content (AvgIpc) is 3.25. The molecular weight excluding hydrogens is 466 g/mol. The lowest BCUT2D eigenvalue weighted by molar-refractivity contribution is 0.122. The lowest BCUT2D eigenvalue weighted by Crippen LogP contribution is -2.36. The van der Waals surface area contributed by atoms with Gasteiger partial charge < -0.3 is 14.4 Å². The molecule has 4 aromatic rings. The Hall–Kier alpha value is -3.57. The Morgan fingerprint density at radius 1 is 1.15 bits per heavy atom. The van der Waals surface area contributed by atoms with Crippen LogP contribution < -0.4 is 20.9 Å². The van der Waals surface area contributed by atoms with E-state index in [2.05, 4.69) is 9.97 Å². The maximum atomic E-state index is 13.9. The molecule has 0 bridgehead atoms. The standard InChI is InChI=1S/C23H20F2N4O4S/c1-13-5-6-14(33-12-15-16(24)3-2-4-17(15)25)11-18(13)29-21(30)19-20(26-22(29)31)27-23(34-19)28-7-9-32-10-8-28/h2-6,11H,7-10,12H2,1H3,(H,26,31). The van der Waals surface area contributed by atoms with Gasteiger partial charge >= 0.3 is 5.69 Å². The monoisotopic (exact) mass is 486 g/mol. The van der Waals surface area contributed by atoms with E-state index in [9.17, 15) is 18.4 Å². The Balaban J connectivity index is 1.51. The van der Waals surface area contributed by atoms with E-state index in [1.54, 1.807) is 19.1 Å². The van der Waals surface area contributed by atoms with Gasteiger partial charge in [0.15, 0.2) is 10.8 Å². The van der Waals surface area contributed by atoms with Crippen molar-refractivity contribution in [1.82, 2.24) is 14.5 Å². The number of aryl methyl sites for hydroxylation is 1. The number of aromatic nitrogens is 3. The van der Waals surface area contributed by atoms with Crippen molar-refractivity contribution in [3.63, 3.8) is 0 Å². The summed E-state index contributed by atoms with van der Waals surface area (Å²) in [6.45, 7) is 3.85. The number of halogens is 2. The zero-order valence-corrected chi connectivity index (χ0v) is 19.0. The van der Waals surface area contributed by atoms with E-state index in [1.807, 2.05) is 4.90 Å². The number of H-pyrrole nitrogens is 1. The molecule has 34 heavy (non-hydrogen) atoms. The molecular formula is C23H20F2N4O4S. The van der Waals surface area contributed by atoms with Crippen LogP contribution in [0.3, 0.4) is 0 Å². The fraction of sp³-hybridized carbons (Fsp3) is 0.261. The smallest absolute Gasteiger partial charge is 0.334 e. The Kier molecular flexibility index (Phi) is 5.88. The number of hydrogen-bond donors (Lipinski definition) is 1. The molecule has 0 amide bonds. The third-order valence-corrected chi connectivity index (χ3v) is 6.69. The maximum absolute atomic E-state index is 13.9. The molecule has 1 fully saturated rings. The van der Waals surface area contributed by atoms with Crippen LogP contribution in [0.25, 0.3) is 16.0 Å². The summed E-state index contributed by atoms with van der Waals surface area (Å²) in [6.07, 6.45) is 0. The number of hydrogen-bond acceptors (Lipinski definition) is 7. The van der Waals surface area contributed by atoms with Crippen LogP contribution in [-0.4, -0.2) is 40.8 Å². The largest absolute Gasteiger partial charge is 0.489 e. The number of thiazole rings is 1. The van der Waals surface area contributed by atoms with Crippen molar-refractivity contribution in [1.29, 1.82) is 0 Å². The van der Waals surface area contributed by atoms with E-state index >= 15 is 0 Å². The van der Waals surface area contributed by atoms with Crippen LogP contribution in [0.4, 0.5) is 13.9 Å². The molecule has 1 N–H and O–H groups in total. The molecule has 0 unspecified atom stereocenters. The van der Waals surface area contributed by atoms with Crippen LogP contribution in [0.2, 0.25) is 0 Å². The van der Waals surface area contributed by atoms with E-state index in [0.29, 0.717) is 47.4 Å². The zero-order valence-electron chi connectivity index (χ0n) is 18.1. The lowest BCUT2D eigenvalue weighted by atomic mass is 10.2. The maximum Gasteiger partial charge on any atom is 0.334 e. The van der Waals surface area contributed by atoms with Crippen molar-refractivity contribution in [3.05, 3.63) is 80.0 Å². The van der Waals surface area contributed by atoms with E-state index < -0.39 is 22.9 Å². The molecule has 8 nitrogen and oxygen atoms in total. The molecule has 0 atom stereocenters. The predicted molar refractivity (Wildman–Crippen MR) is 124 cm³/mol. The molecule has 5 rings (SSSR count). The summed E-state index contributed by atoms with van der Waals surface area (Å²) in [7, 11) is 0. The molecule has 0 aliphatic carbocycles. The van der Waals surface area contributed by atoms with Crippen LogP contribution in [0, 0.1) is 18.6 Å². The summed E-state index contributed by atoms with van der Waals surface area (Å²) in [5.74, 6) is -1.17. The average molecular weight is 487 g/mol. The number of nitrogens with one attached hydrogen (secondary N) is 1. The van der Waals surface area contributed by atoms with Crippen molar-refractivity contribution >= 4 is 26.8 Å². The normalized spacial score (nSPS) is 14.0. The minimum Gasteiger partial charge on any atom is -0.489 e. The molecule has 2 aromatic carbocycles. The SMILES string of the molecule is Cc1ccc(OCc2c(F)cccc2F)cc1-n1c(=O)[nH]c2nc(N3CCOCC3)sc2c1=O. The number of benzene rings is 2. The summed E-state index contributed by atoms with van der Waals surface area (Å²) in [4.78, 5) is 35.3. The number of aromatic amines is 1. The zero-order chi connectivity index (χ0) is 23.8. The first-order valence-electron chi connectivity index (χ1n) is 10.6. The van der Waals surface area contributed by atoms with Crippen LogP contribution in [-0.2, 0) is 11.3 Å². The van der Waals surface area contributed by atoms with Gasteiger partial charge in [0.2, 0.25) is 0 Å². The Labute approximate surface area is 196 Å². The molecule has 176 valence electrons. The highest BCUT2D eigenvalue weighted by molar-refractivity contribution is 7.22. The van der Waals surface area contributed by atoms with Gasteiger partial charge in [0.1, 0.15) is 28.7 Å². The lowest BCUT2D eigenvalue weighted by Gasteiger charge is -2.25. The third-order valence-electron chi connectivity index (χ3n) is 5.59. The van der Waals surface area contributed by atoms with Gasteiger partial charge in [-0.1, -0.05) is 23.5 Å². The quantitative estimate of drug-likeness (QED) is 0.466. The Morgan fingerprint density at radius 3 is 2.62 bits per heavy atom. The van der Waals surface area contributed by atoms with E-state index in [0.717, 1.165) is 16.7 Å². The van der Waals surface area contributed by atoms with Crippen LogP contribution in [0.15, 0.2) is 46.0 Å². The number of fused-ring (bicyclic) bond motifs is 1. The number of morpholine rings is 1. The first-order chi connectivity index (χ1) is 16.4. The van der Waals surface area contributed by atoms with Gasteiger partial charge in [-0.15, -0.1) is 0 Å². The first kappa shape index (κ1) is 22.2. The number of anilines is 1. The van der Waals surface area contributed by atoms with Crippen molar-refractivity contribution in [2.75, 3.05) is 31.2 Å². The fourth-order valence-corrected chi connectivity index (χ4v) is 4.75. The summed E-state index contributed by atoms with van der Waals surface area (Å²) in [5, 5.41) is 0.643. The van der Waals surface area contributed by atoms with Crippen LogP contribution >= 0.6 is 11.3 Å². The highest BCUT2D eigenvalue weighted by atomic mass is 32.1. The predicted octanol–water partition coefficient (Wildman–Crippen LogP) is 3.14. The summed E-state index contributed by atoms with van der Waals surface area (Å²) in [5.41, 5.74) is -0.164. The summed E-state index contributed by atoms with van der Waals surface area (Å²) < 4.78 is 40.1. The Morgan fingerprint density at radius 2 is 1.88 bits per heavy atom. The van der Waals surface area contributed by atoms with E-state index in [1.165, 1.54) is 23.5 Å². The topological polar surface area (TPSA) is 89.4 Å². The summed E-state index contributed by atoms with van der Waals surface area (Å²) in [6, 6.07) is 8.36. The van der Waals surface area contributed by atoms with Crippen molar-refractivity contribution < 1.29 is 18.3 Å². The summed E-state index contributed by atoms with van der Waals surface area (Å²) >= 11 is 1.21. The minimum absolute atomic E-state index is 0.207. The van der Waals surface area contributed by atoms with Crippen LogP contribution in [0.5, 0.6) is 5.75 Å². The molecule has 0 radical (unpaired) electrons. The molecule has 3 heterocycles. The second kappa shape index (κ2) is 8.99. The number of nitrogens with zero attached hydrogens (tertiary/aromatic N) is 3. The van der Waals surface area contributed by atoms with Gasteiger partial charge in [-0.2, -0.15) is 0 Å². The Bertz CT molecular complexity index is 1470. The molecule has 11 heteroatoms. The highest BCUT2D eigenvalue weighted by Crippen LogP contribution is 2.27. The number of rotatable bonds is 5. The second-order valence-corrected chi connectivity index (χ2v) is 8.76. The van der Waals surface area contributed by atoms with Gasteiger partial charge in [-0.25, -0.2) is 23.1 Å². The van der Waals surface area contributed by atoms with E-state index in [-0.39, 0.29) is 23.6 Å². The van der Waals surface area contributed by atoms with Crippen LogP contribution in [0.1, 0.15) is 11.1 Å². The van der Waals surface area contributed by atoms with Crippen molar-refractivity contribution in [2.45, 2.75) is 13.5 Å². The molecule has 1 saturated heterocycles. The van der Waals surface area contributed by atoms with E-state index in [4.69, 9.17) is 9.47 Å². The van der Waals surface area contributed by atoms with Gasteiger partial charge in [0, 0.05) is 19.2 Å². The molecule has 2 aromatic heterocycles. The second-order valence-electron chi connectivity index (χ2n) is 7.78.